The van der Waals surface area contributed by atoms with Gasteiger partial charge in [0.25, 0.3) is 5.69 Å². The number of anilines is 2. The molecule has 0 atom stereocenters. The number of hydrogen-bond donors (Lipinski definition) is 2. The summed E-state index contributed by atoms with van der Waals surface area (Å²) in [5, 5.41) is 13.5. The molecule has 1 rings (SSSR count). The number of nitrogens with two attached hydrogens (primary N) is 1. The van der Waals surface area contributed by atoms with Crippen LogP contribution in [0.2, 0.25) is 0 Å². The number of hydrogen-bond acceptors (Lipinski definition) is 4. The maximum Gasteiger partial charge on any atom is 0.271 e. The van der Waals surface area contributed by atoms with E-state index in [4.69, 9.17) is 5.73 Å². The van der Waals surface area contributed by atoms with E-state index < -0.39 is 4.92 Å². The van der Waals surface area contributed by atoms with Gasteiger partial charge in [-0.05, 0) is 12.5 Å². The van der Waals surface area contributed by atoms with Crippen LogP contribution in [0.4, 0.5) is 17.1 Å². The van der Waals surface area contributed by atoms with Crippen molar-refractivity contribution in [1.82, 2.24) is 0 Å². The van der Waals surface area contributed by atoms with Gasteiger partial charge in [0.15, 0.2) is 0 Å². The summed E-state index contributed by atoms with van der Waals surface area (Å²) in [5.41, 5.74) is 6.81. The number of nitrogens with zero attached hydrogens (tertiary/aromatic N) is 1. The van der Waals surface area contributed by atoms with Crippen molar-refractivity contribution in [2.45, 2.75) is 13.3 Å². The second-order valence-corrected chi connectivity index (χ2v) is 2.96. The van der Waals surface area contributed by atoms with Crippen molar-refractivity contribution in [3.63, 3.8) is 0 Å². The first-order chi connectivity index (χ1) is 6.65. The van der Waals surface area contributed by atoms with E-state index in [0.717, 1.165) is 18.7 Å². The molecule has 5 heteroatoms. The van der Waals surface area contributed by atoms with Crippen LogP contribution in [0.3, 0.4) is 0 Å². The first-order valence-electron chi connectivity index (χ1n) is 4.43. The third-order valence-electron chi connectivity index (χ3n) is 1.81. The minimum Gasteiger partial charge on any atom is -0.397 e. The molecule has 0 aliphatic rings. The second-order valence-electron chi connectivity index (χ2n) is 2.96. The summed E-state index contributed by atoms with van der Waals surface area (Å²) in [4.78, 5) is 9.95. The van der Waals surface area contributed by atoms with E-state index in [1.807, 2.05) is 6.92 Å². The predicted molar refractivity (Wildman–Crippen MR) is 56.3 cm³/mol. The van der Waals surface area contributed by atoms with Gasteiger partial charge in [-0.15, -0.1) is 0 Å². The van der Waals surface area contributed by atoms with Crippen molar-refractivity contribution in [1.29, 1.82) is 0 Å². The fraction of sp³-hybridized carbons (Fsp3) is 0.333. The van der Waals surface area contributed by atoms with Gasteiger partial charge in [-0.25, -0.2) is 0 Å². The Morgan fingerprint density at radius 2 is 2.29 bits per heavy atom. The minimum atomic E-state index is -0.458. The normalized spacial score (nSPS) is 9.79. The summed E-state index contributed by atoms with van der Waals surface area (Å²) in [5.74, 6) is 0. The first-order valence-corrected chi connectivity index (χ1v) is 4.43. The van der Waals surface area contributed by atoms with E-state index in [-0.39, 0.29) is 5.69 Å². The van der Waals surface area contributed by atoms with Crippen LogP contribution in [-0.2, 0) is 0 Å². The fourth-order valence-electron chi connectivity index (χ4n) is 1.08. The molecule has 1 aromatic rings. The van der Waals surface area contributed by atoms with Crippen molar-refractivity contribution < 1.29 is 4.92 Å². The highest BCUT2D eigenvalue weighted by molar-refractivity contribution is 5.69. The van der Waals surface area contributed by atoms with E-state index >= 15 is 0 Å². The molecule has 0 spiro atoms. The summed E-state index contributed by atoms with van der Waals surface area (Å²) in [6.07, 6.45) is 0.983. The molecule has 0 aliphatic carbocycles. The molecule has 5 nitrogen and oxygen atoms in total. The zero-order chi connectivity index (χ0) is 10.6. The summed E-state index contributed by atoms with van der Waals surface area (Å²) >= 11 is 0. The minimum absolute atomic E-state index is 0.0181. The molecule has 0 radical (unpaired) electrons. The molecule has 1 aromatic carbocycles. The number of nitrogen functional groups attached to an aromatic ring is 1. The molecule has 0 aliphatic heterocycles. The van der Waals surface area contributed by atoms with Crippen LogP contribution in [0.15, 0.2) is 18.2 Å². The standard InChI is InChI=1S/C9H13N3O2/c1-2-5-11-9-4-3-7(12(13)14)6-8(9)10/h3-4,6,11H,2,5,10H2,1H3. The Bertz CT molecular complexity index is 339. The maximum atomic E-state index is 10.4. The molecular weight excluding hydrogens is 182 g/mol. The monoisotopic (exact) mass is 195 g/mol. The average molecular weight is 195 g/mol. The van der Waals surface area contributed by atoms with Crippen molar-refractivity contribution in [3.8, 4) is 0 Å². The largest absolute Gasteiger partial charge is 0.397 e. The molecule has 0 saturated heterocycles. The summed E-state index contributed by atoms with van der Waals surface area (Å²) in [7, 11) is 0. The Kier molecular flexibility index (Phi) is 3.28. The van der Waals surface area contributed by atoms with Gasteiger partial charge >= 0.3 is 0 Å². The van der Waals surface area contributed by atoms with Gasteiger partial charge in [0.05, 0.1) is 16.3 Å². The Morgan fingerprint density at radius 1 is 1.57 bits per heavy atom. The lowest BCUT2D eigenvalue weighted by Gasteiger charge is -2.07. The fourth-order valence-corrected chi connectivity index (χ4v) is 1.08. The average Bonchev–Trinajstić information content (AvgIpc) is 2.15. The Labute approximate surface area is 82.1 Å². The van der Waals surface area contributed by atoms with Gasteiger partial charge in [0.2, 0.25) is 0 Å². The predicted octanol–water partition coefficient (Wildman–Crippen LogP) is 2.00. The van der Waals surface area contributed by atoms with E-state index in [9.17, 15) is 10.1 Å². The number of nitro benzene ring substituents is 1. The highest BCUT2D eigenvalue weighted by atomic mass is 16.6. The van der Waals surface area contributed by atoms with Gasteiger partial charge in [-0.3, -0.25) is 10.1 Å². The highest BCUT2D eigenvalue weighted by Crippen LogP contribution is 2.23. The topological polar surface area (TPSA) is 81.2 Å². The molecule has 0 saturated carbocycles. The molecule has 0 bridgehead atoms. The third kappa shape index (κ3) is 2.35. The zero-order valence-electron chi connectivity index (χ0n) is 7.99. The van der Waals surface area contributed by atoms with Crippen LogP contribution >= 0.6 is 0 Å². The third-order valence-corrected chi connectivity index (χ3v) is 1.81. The van der Waals surface area contributed by atoms with Crippen molar-refractivity contribution in [3.05, 3.63) is 28.3 Å². The molecule has 0 heterocycles. The van der Waals surface area contributed by atoms with E-state index in [0.29, 0.717) is 5.69 Å². The lowest BCUT2D eigenvalue weighted by Crippen LogP contribution is -2.03. The van der Waals surface area contributed by atoms with Crippen LogP contribution in [0.1, 0.15) is 13.3 Å². The van der Waals surface area contributed by atoms with Crippen LogP contribution in [0.25, 0.3) is 0 Å². The quantitative estimate of drug-likeness (QED) is 0.437. The number of nitrogens with one attached hydrogen (secondary N) is 1. The van der Waals surface area contributed by atoms with Gasteiger partial charge in [-0.1, -0.05) is 6.92 Å². The van der Waals surface area contributed by atoms with E-state index in [1.54, 1.807) is 6.07 Å². The molecule has 76 valence electrons. The van der Waals surface area contributed by atoms with Crippen molar-refractivity contribution >= 4 is 17.1 Å². The number of nitro groups is 1. The zero-order valence-corrected chi connectivity index (χ0v) is 7.99. The number of rotatable bonds is 4. The summed E-state index contributed by atoms with van der Waals surface area (Å²) in [6, 6.07) is 4.43. The Balaban J connectivity index is 2.84. The number of benzene rings is 1. The highest BCUT2D eigenvalue weighted by Gasteiger charge is 2.07. The Hall–Kier alpha value is -1.78. The van der Waals surface area contributed by atoms with Crippen LogP contribution < -0.4 is 11.1 Å². The van der Waals surface area contributed by atoms with E-state index in [2.05, 4.69) is 5.32 Å². The summed E-state index contributed by atoms with van der Waals surface area (Å²) < 4.78 is 0. The summed E-state index contributed by atoms with van der Waals surface area (Å²) in [6.45, 7) is 2.84. The van der Waals surface area contributed by atoms with Crippen LogP contribution in [-0.4, -0.2) is 11.5 Å². The maximum absolute atomic E-state index is 10.4. The number of non-ortho nitro benzene ring substituents is 1. The SMILES string of the molecule is CCCNc1ccc([N+](=O)[O-])cc1N. The van der Waals surface area contributed by atoms with Crippen LogP contribution in [0, 0.1) is 10.1 Å². The van der Waals surface area contributed by atoms with Crippen LogP contribution in [0.5, 0.6) is 0 Å². The molecule has 14 heavy (non-hydrogen) atoms. The molecule has 0 fully saturated rings. The molecule has 0 unspecified atom stereocenters. The second kappa shape index (κ2) is 4.45. The van der Waals surface area contributed by atoms with Crippen molar-refractivity contribution in [2.75, 3.05) is 17.6 Å². The first kappa shape index (κ1) is 10.3. The molecular formula is C9H13N3O2. The Morgan fingerprint density at radius 3 is 2.79 bits per heavy atom. The van der Waals surface area contributed by atoms with Gasteiger partial charge in [0, 0.05) is 18.7 Å². The van der Waals surface area contributed by atoms with Gasteiger partial charge in [-0.2, -0.15) is 0 Å². The van der Waals surface area contributed by atoms with Gasteiger partial charge in [0.1, 0.15) is 0 Å². The lowest BCUT2D eigenvalue weighted by molar-refractivity contribution is -0.384. The molecule has 3 N–H and O–H groups in total. The molecule has 0 amide bonds. The lowest BCUT2D eigenvalue weighted by atomic mass is 10.2. The van der Waals surface area contributed by atoms with E-state index in [1.165, 1.54) is 12.1 Å². The van der Waals surface area contributed by atoms with Crippen molar-refractivity contribution in [2.24, 2.45) is 0 Å². The molecule has 0 aromatic heterocycles. The smallest absolute Gasteiger partial charge is 0.271 e. The van der Waals surface area contributed by atoms with Gasteiger partial charge < -0.3 is 11.1 Å².